The largest absolute Gasteiger partial charge is 0.294 e. The van der Waals surface area contributed by atoms with E-state index in [2.05, 4.69) is 42.5 Å². The van der Waals surface area contributed by atoms with E-state index in [0.717, 1.165) is 31.2 Å². The Kier molecular flexibility index (Phi) is 3.45. The minimum atomic E-state index is 0.322. The highest BCUT2D eigenvalue weighted by molar-refractivity contribution is 5.98. The molecule has 0 bridgehead atoms. The molecule has 0 radical (unpaired) electrons. The highest BCUT2D eigenvalue weighted by atomic mass is 16.1. The molecule has 19 heavy (non-hydrogen) atoms. The number of carbonyl (C=O) groups excluding carboxylic acids is 1. The molecule has 96 valence electrons. The van der Waals surface area contributed by atoms with Gasteiger partial charge in [-0.05, 0) is 48.4 Å². The van der Waals surface area contributed by atoms with Gasteiger partial charge in [-0.3, -0.25) is 4.79 Å². The van der Waals surface area contributed by atoms with Crippen molar-refractivity contribution in [2.45, 2.75) is 32.1 Å². The van der Waals surface area contributed by atoms with E-state index in [9.17, 15) is 4.79 Å². The first-order valence-electron chi connectivity index (χ1n) is 7.02. The van der Waals surface area contributed by atoms with Crippen LogP contribution in [0.2, 0.25) is 0 Å². The van der Waals surface area contributed by atoms with Crippen LogP contribution in [0.5, 0.6) is 0 Å². The Bertz CT molecular complexity index is 584. The zero-order valence-corrected chi connectivity index (χ0v) is 11.1. The lowest BCUT2D eigenvalue weighted by molar-refractivity contribution is 0.0982. The second kappa shape index (κ2) is 5.40. The number of Topliss-reactive ketones (excluding diaryl/α,β-unsaturated/α-hetero) is 1. The van der Waals surface area contributed by atoms with Crippen LogP contribution in [0.1, 0.15) is 46.3 Å². The molecule has 3 rings (SSSR count). The van der Waals surface area contributed by atoms with E-state index < -0.39 is 0 Å². The molecule has 0 heterocycles. The first-order valence-corrected chi connectivity index (χ1v) is 7.02. The van der Waals surface area contributed by atoms with Gasteiger partial charge in [0, 0.05) is 12.0 Å². The number of hydrogen-bond acceptors (Lipinski definition) is 1. The summed E-state index contributed by atoms with van der Waals surface area (Å²) in [5.41, 5.74) is 4.73. The lowest BCUT2D eigenvalue weighted by atomic mass is 9.96. The maximum atomic E-state index is 12.1. The van der Waals surface area contributed by atoms with Gasteiger partial charge in [0.2, 0.25) is 0 Å². The van der Waals surface area contributed by atoms with Crippen molar-refractivity contribution in [3.05, 3.63) is 70.8 Å². The maximum absolute atomic E-state index is 12.1. The van der Waals surface area contributed by atoms with E-state index in [1.54, 1.807) is 0 Å². The molecule has 2 aromatic carbocycles. The standard InChI is InChI=1S/C18H18O/c19-18-9-5-4-8-16-11-10-15(13-17(16)18)12-14-6-2-1-3-7-14/h1-3,6-7,10-11,13H,4-5,8-9,12H2. The molecule has 0 amide bonds. The van der Waals surface area contributed by atoms with E-state index in [1.165, 1.54) is 16.7 Å². The molecule has 0 aromatic heterocycles. The van der Waals surface area contributed by atoms with Gasteiger partial charge in [-0.2, -0.15) is 0 Å². The van der Waals surface area contributed by atoms with Crippen molar-refractivity contribution in [3.8, 4) is 0 Å². The average Bonchev–Trinajstić information content (AvgIpc) is 2.62. The molecule has 0 aliphatic heterocycles. The lowest BCUT2D eigenvalue weighted by Gasteiger charge is -2.08. The highest BCUT2D eigenvalue weighted by Gasteiger charge is 2.15. The predicted molar refractivity (Wildman–Crippen MR) is 77.6 cm³/mol. The summed E-state index contributed by atoms with van der Waals surface area (Å²) in [5.74, 6) is 0.322. The lowest BCUT2D eigenvalue weighted by Crippen LogP contribution is -2.01. The van der Waals surface area contributed by atoms with Crippen molar-refractivity contribution in [1.29, 1.82) is 0 Å². The Morgan fingerprint density at radius 2 is 1.63 bits per heavy atom. The number of rotatable bonds is 2. The normalized spacial score (nSPS) is 14.8. The fourth-order valence-corrected chi connectivity index (χ4v) is 2.78. The van der Waals surface area contributed by atoms with Crippen molar-refractivity contribution in [1.82, 2.24) is 0 Å². The van der Waals surface area contributed by atoms with Crippen LogP contribution in [0, 0.1) is 0 Å². The number of benzene rings is 2. The number of fused-ring (bicyclic) bond motifs is 1. The van der Waals surface area contributed by atoms with Gasteiger partial charge in [0.1, 0.15) is 0 Å². The SMILES string of the molecule is O=C1CCCCc2ccc(Cc3ccccc3)cc21. The van der Waals surface area contributed by atoms with E-state index in [-0.39, 0.29) is 0 Å². The van der Waals surface area contributed by atoms with Gasteiger partial charge in [-0.1, -0.05) is 42.5 Å². The van der Waals surface area contributed by atoms with Gasteiger partial charge in [0.15, 0.2) is 5.78 Å². The highest BCUT2D eigenvalue weighted by Crippen LogP contribution is 2.23. The molecule has 1 heteroatoms. The molecule has 1 aliphatic carbocycles. The first-order chi connectivity index (χ1) is 9.33. The summed E-state index contributed by atoms with van der Waals surface area (Å²) in [5, 5.41) is 0. The Labute approximate surface area is 114 Å². The monoisotopic (exact) mass is 250 g/mol. The number of carbonyl (C=O) groups is 1. The maximum Gasteiger partial charge on any atom is 0.163 e. The molecule has 1 aliphatic rings. The second-order valence-electron chi connectivity index (χ2n) is 5.28. The fraction of sp³-hybridized carbons (Fsp3) is 0.278. The molecular weight excluding hydrogens is 232 g/mol. The average molecular weight is 250 g/mol. The fourth-order valence-electron chi connectivity index (χ4n) is 2.78. The first kappa shape index (κ1) is 12.2. The second-order valence-corrected chi connectivity index (χ2v) is 5.28. The summed E-state index contributed by atoms with van der Waals surface area (Å²) < 4.78 is 0. The predicted octanol–water partition coefficient (Wildman–Crippen LogP) is 4.19. The number of hydrogen-bond donors (Lipinski definition) is 0. The van der Waals surface area contributed by atoms with E-state index in [1.807, 2.05) is 6.07 Å². The minimum absolute atomic E-state index is 0.322. The van der Waals surface area contributed by atoms with Crippen molar-refractivity contribution in [2.75, 3.05) is 0 Å². The third-order valence-corrected chi connectivity index (χ3v) is 3.83. The molecule has 0 N–H and O–H groups in total. The van der Waals surface area contributed by atoms with Crippen LogP contribution in [0.25, 0.3) is 0 Å². The molecule has 0 saturated heterocycles. The number of aryl methyl sites for hydroxylation is 1. The van der Waals surface area contributed by atoms with E-state index >= 15 is 0 Å². The zero-order chi connectivity index (χ0) is 13.1. The Balaban J connectivity index is 1.90. The molecular formula is C18H18O. The number of ketones is 1. The Morgan fingerprint density at radius 1 is 0.842 bits per heavy atom. The molecule has 1 nitrogen and oxygen atoms in total. The van der Waals surface area contributed by atoms with E-state index in [0.29, 0.717) is 12.2 Å². The van der Waals surface area contributed by atoms with Crippen LogP contribution in [0.4, 0.5) is 0 Å². The molecule has 0 atom stereocenters. The summed E-state index contributed by atoms with van der Waals surface area (Å²) in [7, 11) is 0. The summed E-state index contributed by atoms with van der Waals surface area (Å²) >= 11 is 0. The van der Waals surface area contributed by atoms with Crippen molar-refractivity contribution in [3.63, 3.8) is 0 Å². The minimum Gasteiger partial charge on any atom is -0.294 e. The summed E-state index contributed by atoms with van der Waals surface area (Å²) in [4.78, 5) is 12.1. The topological polar surface area (TPSA) is 17.1 Å². The van der Waals surface area contributed by atoms with Gasteiger partial charge in [-0.15, -0.1) is 0 Å². The molecule has 0 unspecified atom stereocenters. The summed E-state index contributed by atoms with van der Waals surface area (Å²) in [6, 6.07) is 16.8. The van der Waals surface area contributed by atoms with Crippen LogP contribution < -0.4 is 0 Å². The summed E-state index contributed by atoms with van der Waals surface area (Å²) in [6.07, 6.45) is 4.83. The molecule has 0 fully saturated rings. The zero-order valence-electron chi connectivity index (χ0n) is 11.1. The van der Waals surface area contributed by atoms with Crippen molar-refractivity contribution < 1.29 is 4.79 Å². The van der Waals surface area contributed by atoms with Gasteiger partial charge in [0.25, 0.3) is 0 Å². The van der Waals surface area contributed by atoms with Gasteiger partial charge in [0.05, 0.1) is 0 Å². The third-order valence-electron chi connectivity index (χ3n) is 3.83. The Morgan fingerprint density at radius 3 is 2.47 bits per heavy atom. The Hall–Kier alpha value is -1.89. The molecule has 0 spiro atoms. The van der Waals surface area contributed by atoms with Crippen LogP contribution in [-0.4, -0.2) is 5.78 Å². The third kappa shape index (κ3) is 2.76. The van der Waals surface area contributed by atoms with Crippen LogP contribution in [0.3, 0.4) is 0 Å². The summed E-state index contributed by atoms with van der Waals surface area (Å²) in [6.45, 7) is 0. The van der Waals surface area contributed by atoms with Crippen LogP contribution in [0.15, 0.2) is 48.5 Å². The van der Waals surface area contributed by atoms with Crippen molar-refractivity contribution in [2.24, 2.45) is 0 Å². The van der Waals surface area contributed by atoms with Crippen LogP contribution in [-0.2, 0) is 12.8 Å². The van der Waals surface area contributed by atoms with E-state index in [4.69, 9.17) is 0 Å². The van der Waals surface area contributed by atoms with Crippen LogP contribution >= 0.6 is 0 Å². The molecule has 0 saturated carbocycles. The van der Waals surface area contributed by atoms with Gasteiger partial charge >= 0.3 is 0 Å². The smallest absolute Gasteiger partial charge is 0.163 e. The quantitative estimate of drug-likeness (QED) is 0.730. The van der Waals surface area contributed by atoms with Gasteiger partial charge in [-0.25, -0.2) is 0 Å². The van der Waals surface area contributed by atoms with Crippen molar-refractivity contribution >= 4 is 5.78 Å². The van der Waals surface area contributed by atoms with Gasteiger partial charge < -0.3 is 0 Å². The molecule has 2 aromatic rings.